The molecule has 0 radical (unpaired) electrons. The standard InChI is InChI=1S/C18H14IN/c19-20(17-9-5-2-6-10-17)18-13-11-16(12-14-18)15-7-3-1-4-8-15/h1-14H. The quantitative estimate of drug-likeness (QED) is 0.413. The molecule has 3 aromatic carbocycles. The zero-order valence-corrected chi connectivity index (χ0v) is 13.1. The van der Waals surface area contributed by atoms with Crippen molar-refractivity contribution in [2.45, 2.75) is 0 Å². The smallest absolute Gasteiger partial charge is 0.0646 e. The highest BCUT2D eigenvalue weighted by Crippen LogP contribution is 2.30. The number of nitrogens with zero attached hydrogens (tertiary/aromatic N) is 1. The van der Waals surface area contributed by atoms with Crippen molar-refractivity contribution in [3.63, 3.8) is 0 Å². The van der Waals surface area contributed by atoms with Crippen molar-refractivity contribution in [3.05, 3.63) is 84.9 Å². The predicted molar refractivity (Wildman–Crippen MR) is 94.5 cm³/mol. The Morgan fingerprint density at radius 2 is 0.950 bits per heavy atom. The third kappa shape index (κ3) is 2.85. The topological polar surface area (TPSA) is 3.24 Å². The highest BCUT2D eigenvalue weighted by molar-refractivity contribution is 14.1. The van der Waals surface area contributed by atoms with Gasteiger partial charge in [0.25, 0.3) is 0 Å². The molecule has 3 aromatic rings. The summed E-state index contributed by atoms with van der Waals surface area (Å²) in [6.07, 6.45) is 0. The normalized spacial score (nSPS) is 10.2. The van der Waals surface area contributed by atoms with E-state index in [1.165, 1.54) is 22.5 Å². The van der Waals surface area contributed by atoms with E-state index in [0.717, 1.165) is 0 Å². The molecule has 20 heavy (non-hydrogen) atoms. The van der Waals surface area contributed by atoms with Crippen LogP contribution in [0.5, 0.6) is 0 Å². The first kappa shape index (κ1) is 13.2. The van der Waals surface area contributed by atoms with Crippen molar-refractivity contribution in [1.29, 1.82) is 0 Å². The van der Waals surface area contributed by atoms with Crippen LogP contribution in [0.1, 0.15) is 0 Å². The van der Waals surface area contributed by atoms with Crippen molar-refractivity contribution in [2.75, 3.05) is 3.11 Å². The van der Waals surface area contributed by atoms with E-state index in [1.54, 1.807) is 0 Å². The van der Waals surface area contributed by atoms with E-state index in [0.29, 0.717) is 0 Å². The van der Waals surface area contributed by atoms with E-state index in [9.17, 15) is 0 Å². The van der Waals surface area contributed by atoms with Crippen molar-refractivity contribution in [1.82, 2.24) is 0 Å². The molecular formula is C18H14IN. The Kier molecular flexibility index (Phi) is 4.02. The molecular weight excluding hydrogens is 357 g/mol. The molecule has 1 nitrogen and oxygen atoms in total. The van der Waals surface area contributed by atoms with Gasteiger partial charge in [0.2, 0.25) is 0 Å². The van der Waals surface area contributed by atoms with Crippen molar-refractivity contribution in [3.8, 4) is 11.1 Å². The summed E-state index contributed by atoms with van der Waals surface area (Å²) in [5.74, 6) is 0. The van der Waals surface area contributed by atoms with Crippen LogP contribution in [-0.2, 0) is 0 Å². The van der Waals surface area contributed by atoms with Gasteiger partial charge < -0.3 is 0 Å². The number of hydrogen-bond acceptors (Lipinski definition) is 1. The molecule has 0 aliphatic rings. The molecule has 0 aromatic heterocycles. The van der Waals surface area contributed by atoms with Gasteiger partial charge in [0.05, 0.1) is 34.2 Å². The second-order valence-corrected chi connectivity index (χ2v) is 5.49. The first-order valence-corrected chi connectivity index (χ1v) is 7.47. The molecule has 0 saturated carbocycles. The summed E-state index contributed by atoms with van der Waals surface area (Å²) in [6, 6.07) is 29.4. The molecule has 0 spiro atoms. The lowest BCUT2D eigenvalue weighted by atomic mass is 10.1. The second kappa shape index (κ2) is 6.09. The summed E-state index contributed by atoms with van der Waals surface area (Å²) in [7, 11) is 0. The fraction of sp³-hybridized carbons (Fsp3) is 0. The third-order valence-corrected chi connectivity index (χ3v) is 4.30. The SMILES string of the molecule is IN(c1ccccc1)c1ccc(-c2ccccc2)cc1. The number of rotatable bonds is 3. The average molecular weight is 371 g/mol. The van der Waals surface area contributed by atoms with Crippen molar-refractivity contribution in [2.24, 2.45) is 0 Å². The van der Waals surface area contributed by atoms with Crippen LogP contribution in [0.15, 0.2) is 84.9 Å². The molecule has 98 valence electrons. The third-order valence-electron chi connectivity index (χ3n) is 3.18. The predicted octanol–water partition coefficient (Wildman–Crippen LogP) is 5.84. The van der Waals surface area contributed by atoms with Gasteiger partial charge in [-0.25, -0.2) is 0 Å². The van der Waals surface area contributed by atoms with Crippen LogP contribution >= 0.6 is 22.9 Å². The molecule has 0 aliphatic heterocycles. The van der Waals surface area contributed by atoms with Gasteiger partial charge in [0, 0.05) is 0 Å². The summed E-state index contributed by atoms with van der Waals surface area (Å²) in [6.45, 7) is 0. The molecule has 0 atom stereocenters. The van der Waals surface area contributed by atoms with Crippen LogP contribution in [-0.4, -0.2) is 0 Å². The number of halogens is 1. The van der Waals surface area contributed by atoms with Gasteiger partial charge in [0.15, 0.2) is 0 Å². The minimum absolute atomic E-state index is 1.18. The average Bonchev–Trinajstić information content (AvgIpc) is 2.56. The summed E-state index contributed by atoms with van der Waals surface area (Å²) in [5.41, 5.74) is 4.85. The minimum atomic E-state index is 1.18. The molecule has 0 heterocycles. The Bertz CT molecular complexity index is 663. The monoisotopic (exact) mass is 371 g/mol. The Hall–Kier alpha value is -1.81. The molecule has 3 rings (SSSR count). The van der Waals surface area contributed by atoms with E-state index in [4.69, 9.17) is 0 Å². The van der Waals surface area contributed by atoms with Gasteiger partial charge in [-0.05, 0) is 35.4 Å². The van der Waals surface area contributed by atoms with E-state index in [-0.39, 0.29) is 0 Å². The largest absolute Gasteiger partial charge is 0.283 e. The Labute approximate surface area is 133 Å². The van der Waals surface area contributed by atoms with Crippen LogP contribution in [0, 0.1) is 0 Å². The minimum Gasteiger partial charge on any atom is -0.283 e. The molecule has 0 saturated heterocycles. The van der Waals surface area contributed by atoms with Crippen LogP contribution < -0.4 is 3.11 Å². The lowest BCUT2D eigenvalue weighted by Crippen LogP contribution is -1.99. The Balaban J connectivity index is 1.87. The van der Waals surface area contributed by atoms with E-state index in [2.05, 4.69) is 98.8 Å². The van der Waals surface area contributed by atoms with Gasteiger partial charge in [-0.2, -0.15) is 0 Å². The summed E-state index contributed by atoms with van der Waals surface area (Å²) >= 11 is 2.33. The summed E-state index contributed by atoms with van der Waals surface area (Å²) in [4.78, 5) is 0. The van der Waals surface area contributed by atoms with E-state index < -0.39 is 0 Å². The van der Waals surface area contributed by atoms with Gasteiger partial charge in [-0.1, -0.05) is 60.7 Å². The first-order valence-electron chi connectivity index (χ1n) is 6.51. The highest BCUT2D eigenvalue weighted by Gasteiger charge is 2.05. The second-order valence-electron chi connectivity index (χ2n) is 4.53. The van der Waals surface area contributed by atoms with Crippen LogP contribution in [0.25, 0.3) is 11.1 Å². The van der Waals surface area contributed by atoms with Crippen molar-refractivity contribution < 1.29 is 0 Å². The number of hydrogen-bond donors (Lipinski definition) is 0. The molecule has 0 aliphatic carbocycles. The molecule has 0 bridgehead atoms. The van der Waals surface area contributed by atoms with Crippen LogP contribution in [0.4, 0.5) is 11.4 Å². The zero-order chi connectivity index (χ0) is 13.8. The molecule has 0 unspecified atom stereocenters. The maximum atomic E-state index is 2.33. The summed E-state index contributed by atoms with van der Waals surface area (Å²) in [5, 5.41) is 0. The summed E-state index contributed by atoms with van der Waals surface area (Å²) < 4.78 is 2.16. The Morgan fingerprint density at radius 1 is 0.500 bits per heavy atom. The van der Waals surface area contributed by atoms with E-state index >= 15 is 0 Å². The maximum absolute atomic E-state index is 2.33. The molecule has 2 heteroatoms. The number of para-hydroxylation sites is 1. The van der Waals surface area contributed by atoms with Gasteiger partial charge in [0.1, 0.15) is 0 Å². The first-order chi connectivity index (χ1) is 9.84. The fourth-order valence-corrected chi connectivity index (χ4v) is 2.77. The zero-order valence-electron chi connectivity index (χ0n) is 10.9. The molecule has 0 N–H and O–H groups in total. The van der Waals surface area contributed by atoms with Gasteiger partial charge in [-0.15, -0.1) is 0 Å². The highest BCUT2D eigenvalue weighted by atomic mass is 127. The van der Waals surface area contributed by atoms with Gasteiger partial charge in [-0.3, -0.25) is 3.11 Å². The fourth-order valence-electron chi connectivity index (χ4n) is 2.12. The Morgan fingerprint density at radius 3 is 1.55 bits per heavy atom. The lowest BCUT2D eigenvalue weighted by molar-refractivity contribution is 1.47. The van der Waals surface area contributed by atoms with Crippen molar-refractivity contribution >= 4 is 34.2 Å². The van der Waals surface area contributed by atoms with Crippen LogP contribution in [0.3, 0.4) is 0 Å². The lowest BCUT2D eigenvalue weighted by Gasteiger charge is -2.17. The van der Waals surface area contributed by atoms with Gasteiger partial charge >= 0.3 is 0 Å². The van der Waals surface area contributed by atoms with Crippen LogP contribution in [0.2, 0.25) is 0 Å². The number of benzene rings is 3. The van der Waals surface area contributed by atoms with E-state index in [1.807, 2.05) is 12.1 Å². The number of anilines is 2. The molecule has 0 fully saturated rings. The molecule has 0 amide bonds. The maximum Gasteiger partial charge on any atom is 0.0646 e.